The van der Waals surface area contributed by atoms with Crippen LogP contribution in [0.2, 0.25) is 0 Å². The number of rotatable bonds is 3. The molecule has 96 valence electrons. The van der Waals surface area contributed by atoms with Gasteiger partial charge in [-0.15, -0.1) is 0 Å². The second-order valence-corrected chi connectivity index (χ2v) is 4.64. The van der Waals surface area contributed by atoms with Crippen molar-refractivity contribution in [3.8, 4) is 0 Å². The van der Waals surface area contributed by atoms with Gasteiger partial charge in [0.2, 0.25) is 5.91 Å². The number of hydrogen-bond donors (Lipinski definition) is 1. The van der Waals surface area contributed by atoms with Crippen molar-refractivity contribution in [2.45, 2.75) is 32.4 Å². The molecule has 0 bridgehead atoms. The minimum atomic E-state index is -0.237. The molecule has 18 heavy (non-hydrogen) atoms. The molecule has 2 heterocycles. The Balaban J connectivity index is 1.96. The quantitative estimate of drug-likeness (QED) is 0.830. The Bertz CT molecular complexity index is 447. The topological polar surface area (TPSA) is 75.2 Å². The predicted molar refractivity (Wildman–Crippen MR) is 64.8 cm³/mol. The van der Waals surface area contributed by atoms with Gasteiger partial charge in [-0.2, -0.15) is 0 Å². The molecule has 6 nitrogen and oxygen atoms in total. The number of amides is 2. The zero-order valence-corrected chi connectivity index (χ0v) is 10.5. The second kappa shape index (κ2) is 5.12. The van der Waals surface area contributed by atoms with Crippen molar-refractivity contribution in [1.82, 2.24) is 20.2 Å². The summed E-state index contributed by atoms with van der Waals surface area (Å²) in [6.45, 7) is 4.50. The lowest BCUT2D eigenvalue weighted by Crippen LogP contribution is -2.38. The molecule has 1 saturated heterocycles. The molecule has 1 aromatic heterocycles. The summed E-state index contributed by atoms with van der Waals surface area (Å²) in [5.74, 6) is -0.154. The van der Waals surface area contributed by atoms with Crippen LogP contribution in [-0.2, 0) is 4.79 Å². The van der Waals surface area contributed by atoms with Crippen molar-refractivity contribution in [2.24, 2.45) is 0 Å². The predicted octanol–water partition coefficient (Wildman–Crippen LogP) is 0.216. The van der Waals surface area contributed by atoms with Crippen LogP contribution in [0.25, 0.3) is 0 Å². The minimum absolute atomic E-state index is 0.0830. The van der Waals surface area contributed by atoms with Gasteiger partial charge in [-0.05, 0) is 13.8 Å². The zero-order chi connectivity index (χ0) is 13.1. The van der Waals surface area contributed by atoms with E-state index in [0.29, 0.717) is 18.5 Å². The summed E-state index contributed by atoms with van der Waals surface area (Å²) in [5.41, 5.74) is 0.410. The highest BCUT2D eigenvalue weighted by Gasteiger charge is 2.32. The van der Waals surface area contributed by atoms with Crippen molar-refractivity contribution < 1.29 is 9.59 Å². The van der Waals surface area contributed by atoms with E-state index in [1.807, 2.05) is 13.8 Å². The lowest BCUT2D eigenvalue weighted by Gasteiger charge is -2.21. The maximum Gasteiger partial charge on any atom is 0.254 e. The number of nitrogens with zero attached hydrogens (tertiary/aromatic N) is 3. The Morgan fingerprint density at radius 3 is 2.67 bits per heavy atom. The molecule has 1 aromatic rings. The fourth-order valence-corrected chi connectivity index (χ4v) is 2.01. The van der Waals surface area contributed by atoms with Crippen molar-refractivity contribution in [2.75, 3.05) is 6.54 Å². The molecule has 1 aliphatic heterocycles. The van der Waals surface area contributed by atoms with E-state index in [1.165, 1.54) is 18.7 Å². The average molecular weight is 248 g/mol. The average Bonchev–Trinajstić information content (AvgIpc) is 2.71. The van der Waals surface area contributed by atoms with Gasteiger partial charge >= 0.3 is 0 Å². The van der Waals surface area contributed by atoms with Crippen LogP contribution in [-0.4, -0.2) is 45.3 Å². The zero-order valence-electron chi connectivity index (χ0n) is 10.5. The minimum Gasteiger partial charge on any atom is -0.347 e. The van der Waals surface area contributed by atoms with Crippen LogP contribution in [0, 0.1) is 0 Å². The van der Waals surface area contributed by atoms with Crippen LogP contribution in [0.15, 0.2) is 18.7 Å². The summed E-state index contributed by atoms with van der Waals surface area (Å²) in [6.07, 6.45) is 4.65. The molecule has 0 aromatic carbocycles. The van der Waals surface area contributed by atoms with Gasteiger partial charge in [0.05, 0.1) is 11.6 Å². The first kappa shape index (κ1) is 12.5. The lowest BCUT2D eigenvalue weighted by molar-refractivity contribution is -0.129. The highest BCUT2D eigenvalue weighted by atomic mass is 16.2. The summed E-state index contributed by atoms with van der Waals surface area (Å²) in [7, 11) is 0. The van der Waals surface area contributed by atoms with E-state index in [1.54, 1.807) is 4.90 Å². The van der Waals surface area contributed by atoms with Crippen LogP contribution in [0.1, 0.15) is 30.6 Å². The third-order valence-corrected chi connectivity index (χ3v) is 2.94. The number of likely N-dealkylation sites (tertiary alicyclic amines) is 1. The van der Waals surface area contributed by atoms with Crippen molar-refractivity contribution >= 4 is 11.8 Å². The van der Waals surface area contributed by atoms with Crippen LogP contribution in [0.5, 0.6) is 0 Å². The molecule has 2 amide bonds. The molecule has 0 aliphatic carbocycles. The van der Waals surface area contributed by atoms with Crippen LogP contribution < -0.4 is 5.32 Å². The van der Waals surface area contributed by atoms with Crippen molar-refractivity contribution in [1.29, 1.82) is 0 Å². The Labute approximate surface area is 105 Å². The fraction of sp³-hybridized carbons (Fsp3) is 0.500. The third kappa shape index (κ3) is 2.64. The summed E-state index contributed by atoms with van der Waals surface area (Å²) in [5, 5.41) is 2.83. The number of carbonyl (C=O) groups is 2. The van der Waals surface area contributed by atoms with E-state index in [9.17, 15) is 9.59 Å². The van der Waals surface area contributed by atoms with Gasteiger partial charge in [0, 0.05) is 31.4 Å². The maximum atomic E-state index is 11.9. The molecule has 6 heteroatoms. The third-order valence-electron chi connectivity index (χ3n) is 2.94. The van der Waals surface area contributed by atoms with Gasteiger partial charge in [0.25, 0.3) is 5.91 Å². The fourth-order valence-electron chi connectivity index (χ4n) is 2.01. The number of aromatic nitrogens is 2. The standard InChI is InChI=1S/C12H16N4O2/c1-8(2)16-6-10(3-11(16)17)15-12(18)9-4-13-7-14-5-9/h4-5,7-8,10H,3,6H2,1-2H3,(H,15,18)/t10-/m1/s1. The van der Waals surface area contributed by atoms with Crippen molar-refractivity contribution in [3.63, 3.8) is 0 Å². The lowest BCUT2D eigenvalue weighted by atomic mass is 10.2. The molecule has 0 spiro atoms. The Morgan fingerprint density at radius 2 is 2.11 bits per heavy atom. The smallest absolute Gasteiger partial charge is 0.254 e. The van der Waals surface area contributed by atoms with Gasteiger partial charge < -0.3 is 10.2 Å². The molecule has 0 radical (unpaired) electrons. The summed E-state index contributed by atoms with van der Waals surface area (Å²) < 4.78 is 0. The first-order valence-corrected chi connectivity index (χ1v) is 5.93. The number of carbonyl (C=O) groups excluding carboxylic acids is 2. The molecule has 1 atom stereocenters. The van der Waals surface area contributed by atoms with Gasteiger partial charge in [0.1, 0.15) is 6.33 Å². The van der Waals surface area contributed by atoms with Crippen molar-refractivity contribution in [3.05, 3.63) is 24.3 Å². The molecule has 1 aliphatic rings. The van der Waals surface area contributed by atoms with Crippen LogP contribution >= 0.6 is 0 Å². The molecule has 1 fully saturated rings. The highest BCUT2D eigenvalue weighted by molar-refractivity contribution is 5.94. The summed E-state index contributed by atoms with van der Waals surface area (Å²) >= 11 is 0. The molecule has 2 rings (SSSR count). The Kier molecular flexibility index (Phi) is 3.55. The van der Waals surface area contributed by atoms with E-state index in [2.05, 4.69) is 15.3 Å². The Morgan fingerprint density at radius 1 is 1.44 bits per heavy atom. The van der Waals surface area contributed by atoms with Gasteiger partial charge in [-0.3, -0.25) is 9.59 Å². The van der Waals surface area contributed by atoms with Gasteiger partial charge in [0.15, 0.2) is 0 Å². The van der Waals surface area contributed by atoms with E-state index in [0.717, 1.165) is 0 Å². The van der Waals surface area contributed by atoms with E-state index in [4.69, 9.17) is 0 Å². The van der Waals surface area contributed by atoms with Crippen LogP contribution in [0.3, 0.4) is 0 Å². The number of hydrogen-bond acceptors (Lipinski definition) is 4. The monoisotopic (exact) mass is 248 g/mol. The first-order valence-electron chi connectivity index (χ1n) is 5.93. The molecular formula is C12H16N4O2. The summed E-state index contributed by atoms with van der Waals surface area (Å²) in [6, 6.07) is 0.0343. The largest absolute Gasteiger partial charge is 0.347 e. The van der Waals surface area contributed by atoms with E-state index in [-0.39, 0.29) is 23.9 Å². The van der Waals surface area contributed by atoms with E-state index >= 15 is 0 Å². The van der Waals surface area contributed by atoms with Gasteiger partial charge in [-0.25, -0.2) is 9.97 Å². The first-order chi connectivity index (χ1) is 8.58. The highest BCUT2D eigenvalue weighted by Crippen LogP contribution is 2.14. The SMILES string of the molecule is CC(C)N1C[C@H](NC(=O)c2cncnc2)CC1=O. The molecule has 1 N–H and O–H groups in total. The second-order valence-electron chi connectivity index (χ2n) is 4.64. The van der Waals surface area contributed by atoms with Gasteiger partial charge in [-0.1, -0.05) is 0 Å². The summed E-state index contributed by atoms with van der Waals surface area (Å²) in [4.78, 5) is 32.9. The molecule has 0 unspecified atom stereocenters. The number of nitrogens with one attached hydrogen (secondary N) is 1. The Hall–Kier alpha value is -1.98. The maximum absolute atomic E-state index is 11.9. The van der Waals surface area contributed by atoms with E-state index < -0.39 is 0 Å². The molecule has 0 saturated carbocycles. The molecular weight excluding hydrogens is 232 g/mol. The normalized spacial score (nSPS) is 19.4. The van der Waals surface area contributed by atoms with Crippen LogP contribution in [0.4, 0.5) is 0 Å².